The number of hydrogen-bond acceptors (Lipinski definition) is 11. The summed E-state index contributed by atoms with van der Waals surface area (Å²) in [4.78, 5) is 129. The van der Waals surface area contributed by atoms with Gasteiger partial charge in [-0.3, -0.25) is 38.4 Å². The first kappa shape index (κ1) is 55.6. The lowest BCUT2D eigenvalue weighted by atomic mass is 9.89. The van der Waals surface area contributed by atoms with Crippen LogP contribution in [0.25, 0.3) is 0 Å². The highest BCUT2D eigenvalue weighted by Crippen LogP contribution is 2.29. The molecule has 1 aromatic carbocycles. The average Bonchev–Trinajstić information content (AvgIpc) is 3.28. The van der Waals surface area contributed by atoms with Gasteiger partial charge in [0.25, 0.3) is 0 Å². The minimum atomic E-state index is -1.71. The van der Waals surface area contributed by atoms with E-state index < -0.39 is 125 Å². The molecule has 2 heterocycles. The summed E-state index contributed by atoms with van der Waals surface area (Å²) >= 11 is 0. The van der Waals surface area contributed by atoms with Gasteiger partial charge in [-0.1, -0.05) is 80.4 Å². The quantitative estimate of drug-likeness (QED) is 0.118. The van der Waals surface area contributed by atoms with Gasteiger partial charge in [0.2, 0.25) is 47.3 Å². The van der Waals surface area contributed by atoms with Gasteiger partial charge in [-0.25, -0.2) is 4.79 Å². The van der Waals surface area contributed by atoms with Gasteiger partial charge in [0.15, 0.2) is 0 Å². The van der Waals surface area contributed by atoms with Crippen molar-refractivity contribution < 1.29 is 53.0 Å². The van der Waals surface area contributed by atoms with Crippen molar-refractivity contribution in [2.24, 2.45) is 29.4 Å². The van der Waals surface area contributed by atoms with E-state index in [0.29, 0.717) is 31.2 Å². The standard InChI is InChI=1S/C48H76N8O11/c1-12-26(6)38-48(66)67-30(10)39(54-42(60)33(21-22-37(49)58)50-41(59)28(8)14-3)45(63)52-35(23-25(4)5)43(61)51-34-20-15-29(9)56(46(34)64)40(27(7)13-2)47(65)55(11)36(44(62)53-38)24-31-16-18-32(57)19-17-31/h16-19,25-30,33-36,38-40,57H,12-15,20-24H2,1-11H3,(H2,49,58)(H,50,59)(H,51,61)(H,52,63)(H,53,62)(H,54,60)/t26?,27?,28?,29-,30?,33-,34?,35?,36-,38-,39-,40-/m0/s1. The number of carbonyl (C=O) groups excluding carboxylic acids is 9. The van der Waals surface area contributed by atoms with Crippen LogP contribution in [0, 0.1) is 23.7 Å². The van der Waals surface area contributed by atoms with E-state index in [1.54, 1.807) is 39.8 Å². The fourth-order valence-electron chi connectivity index (χ4n) is 8.28. The molecule has 374 valence electrons. The van der Waals surface area contributed by atoms with E-state index in [1.807, 2.05) is 34.6 Å². The molecule has 19 nitrogen and oxygen atoms in total. The number of fused-ring (bicyclic) bond motifs is 2. The van der Waals surface area contributed by atoms with Crippen molar-refractivity contribution in [1.29, 1.82) is 0 Å². The number of ether oxygens (including phenoxy) is 1. The molecule has 0 saturated carbocycles. The van der Waals surface area contributed by atoms with E-state index in [-0.39, 0.29) is 43.8 Å². The number of nitrogens with one attached hydrogen (secondary N) is 5. The summed E-state index contributed by atoms with van der Waals surface area (Å²) in [7, 11) is 1.46. The van der Waals surface area contributed by atoms with Gasteiger partial charge >= 0.3 is 5.97 Å². The number of hydrogen-bond donors (Lipinski definition) is 7. The summed E-state index contributed by atoms with van der Waals surface area (Å²) < 4.78 is 5.95. The Labute approximate surface area is 395 Å². The van der Waals surface area contributed by atoms with E-state index in [9.17, 15) is 48.3 Å². The van der Waals surface area contributed by atoms with E-state index in [0.717, 1.165) is 0 Å². The molecule has 0 aromatic heterocycles. The molecule has 2 aliphatic rings. The van der Waals surface area contributed by atoms with Gasteiger partial charge in [0.05, 0.1) is 0 Å². The Morgan fingerprint density at radius 1 is 0.821 bits per heavy atom. The smallest absolute Gasteiger partial charge is 0.329 e. The molecule has 2 fully saturated rings. The fraction of sp³-hybridized carbons (Fsp3) is 0.688. The highest BCUT2D eigenvalue weighted by atomic mass is 16.5. The predicted octanol–water partition coefficient (Wildman–Crippen LogP) is 1.96. The number of phenols is 1. The van der Waals surface area contributed by atoms with Crippen LogP contribution in [0.2, 0.25) is 0 Å². The summed E-state index contributed by atoms with van der Waals surface area (Å²) in [6, 6.07) is -3.44. The van der Waals surface area contributed by atoms with Crippen LogP contribution in [0.15, 0.2) is 24.3 Å². The third-order valence-corrected chi connectivity index (χ3v) is 13.3. The molecule has 12 atom stereocenters. The third kappa shape index (κ3) is 15.1. The number of piperidine rings is 1. The first-order chi connectivity index (χ1) is 31.4. The molecule has 0 aliphatic carbocycles. The fourth-order valence-corrected chi connectivity index (χ4v) is 8.28. The molecule has 0 spiro atoms. The molecule has 2 saturated heterocycles. The predicted molar refractivity (Wildman–Crippen MR) is 249 cm³/mol. The second-order valence-electron chi connectivity index (χ2n) is 19.0. The molecule has 8 N–H and O–H groups in total. The molecule has 2 aliphatic heterocycles. The zero-order chi connectivity index (χ0) is 50.4. The lowest BCUT2D eigenvalue weighted by Crippen LogP contribution is -2.65. The van der Waals surface area contributed by atoms with Crippen LogP contribution < -0.4 is 32.3 Å². The van der Waals surface area contributed by atoms with Crippen molar-refractivity contribution in [3.05, 3.63) is 29.8 Å². The van der Waals surface area contributed by atoms with Crippen molar-refractivity contribution in [3.63, 3.8) is 0 Å². The van der Waals surface area contributed by atoms with E-state index in [2.05, 4.69) is 26.6 Å². The monoisotopic (exact) mass is 941 g/mol. The summed E-state index contributed by atoms with van der Waals surface area (Å²) in [6.07, 6.45) is -0.0560. The van der Waals surface area contributed by atoms with Gasteiger partial charge in [0, 0.05) is 31.8 Å². The molecule has 67 heavy (non-hydrogen) atoms. The van der Waals surface area contributed by atoms with Crippen molar-refractivity contribution in [3.8, 4) is 5.75 Å². The Morgan fingerprint density at radius 2 is 1.45 bits per heavy atom. The molecule has 8 amide bonds. The van der Waals surface area contributed by atoms with Gasteiger partial charge in [-0.05, 0) is 81.4 Å². The Kier molecular flexibility index (Phi) is 21.1. The molecule has 1 aromatic rings. The van der Waals surface area contributed by atoms with Crippen LogP contribution in [0.1, 0.15) is 126 Å². The van der Waals surface area contributed by atoms with Crippen LogP contribution in [-0.4, -0.2) is 130 Å². The molecule has 3 rings (SSSR count). The van der Waals surface area contributed by atoms with E-state index >= 15 is 0 Å². The number of nitrogens with zero attached hydrogens (tertiary/aromatic N) is 2. The largest absolute Gasteiger partial charge is 0.508 e. The molecular weight excluding hydrogens is 865 g/mol. The first-order valence-electron chi connectivity index (χ1n) is 23.8. The average molecular weight is 941 g/mol. The van der Waals surface area contributed by atoms with Crippen molar-refractivity contribution >= 4 is 53.2 Å². The number of nitrogens with two attached hydrogens (primary N) is 1. The third-order valence-electron chi connectivity index (χ3n) is 13.3. The minimum Gasteiger partial charge on any atom is -0.508 e. The van der Waals surface area contributed by atoms with Gasteiger partial charge in [-0.15, -0.1) is 0 Å². The van der Waals surface area contributed by atoms with Gasteiger partial charge < -0.3 is 52.0 Å². The van der Waals surface area contributed by atoms with Crippen molar-refractivity contribution in [2.45, 2.75) is 181 Å². The van der Waals surface area contributed by atoms with E-state index in [1.165, 1.54) is 35.9 Å². The lowest BCUT2D eigenvalue weighted by Gasteiger charge is -2.45. The number of carbonyl (C=O) groups is 9. The van der Waals surface area contributed by atoms with Crippen LogP contribution in [-0.2, 0) is 54.3 Å². The molecule has 0 radical (unpaired) electrons. The number of primary amides is 1. The highest BCUT2D eigenvalue weighted by Gasteiger charge is 2.46. The Bertz CT molecular complexity index is 1930. The van der Waals surface area contributed by atoms with Crippen molar-refractivity contribution in [2.75, 3.05) is 7.05 Å². The zero-order valence-corrected chi connectivity index (χ0v) is 41.2. The van der Waals surface area contributed by atoms with Gasteiger partial charge in [0.1, 0.15) is 54.1 Å². The Hall–Kier alpha value is -5.75. The summed E-state index contributed by atoms with van der Waals surface area (Å²) in [5.41, 5.74) is 5.99. The maximum atomic E-state index is 15.0. The Morgan fingerprint density at radius 3 is 2.01 bits per heavy atom. The minimum absolute atomic E-state index is 0.0151. The normalized spacial score (nSPS) is 26.6. The van der Waals surface area contributed by atoms with Crippen LogP contribution in [0.4, 0.5) is 0 Å². The molecule has 6 unspecified atom stereocenters. The summed E-state index contributed by atoms with van der Waals surface area (Å²) in [5.74, 6) is -8.21. The first-order valence-corrected chi connectivity index (χ1v) is 23.8. The molecule has 2 bridgehead atoms. The highest BCUT2D eigenvalue weighted by molar-refractivity contribution is 5.98. The van der Waals surface area contributed by atoms with Crippen molar-refractivity contribution in [1.82, 2.24) is 36.4 Å². The van der Waals surface area contributed by atoms with Crippen LogP contribution in [0.5, 0.6) is 5.75 Å². The number of benzene rings is 1. The molecule has 19 heteroatoms. The topological polar surface area (TPSA) is 276 Å². The van der Waals surface area contributed by atoms with E-state index in [4.69, 9.17) is 10.5 Å². The number of likely N-dealkylation sites (N-methyl/N-ethyl adjacent to an activating group) is 1. The number of phenolic OH excluding ortho intramolecular Hbond substituents is 1. The summed E-state index contributed by atoms with van der Waals surface area (Å²) in [6.45, 7) is 17.5. The SMILES string of the molecule is CCC(C)C(=O)N[C@@H](CCC(N)=O)C(=O)N[C@@H]1C(=O)NC(CC(C)C)C(=O)NC2CC[C@H](C)N(C2=O)[C@@H](C(C)CC)C(=O)N(C)[C@@H](Cc2ccc(O)cc2)C(=O)N[C@@H](C(C)CC)C(=O)OC1C. The maximum absolute atomic E-state index is 15.0. The second kappa shape index (κ2) is 25.4. The second-order valence-corrected chi connectivity index (χ2v) is 19.0. The maximum Gasteiger partial charge on any atom is 0.329 e. The summed E-state index contributed by atoms with van der Waals surface area (Å²) in [5, 5.41) is 23.6. The molecular formula is C48H76N8O11. The number of cyclic esters (lactones) is 1. The van der Waals surface area contributed by atoms with Crippen LogP contribution >= 0.6 is 0 Å². The number of rotatable bonds is 16. The zero-order valence-electron chi connectivity index (χ0n) is 41.2. The number of esters is 1. The number of amides is 8. The number of aromatic hydroxyl groups is 1. The Balaban J connectivity index is 2.27. The lowest BCUT2D eigenvalue weighted by molar-refractivity contribution is -0.159. The van der Waals surface area contributed by atoms with Crippen LogP contribution in [0.3, 0.4) is 0 Å². The van der Waals surface area contributed by atoms with Gasteiger partial charge in [-0.2, -0.15) is 0 Å².